The topological polar surface area (TPSA) is 12.5 Å². The zero-order valence-corrected chi connectivity index (χ0v) is 17.0. The number of rotatable bonds is 7. The molecule has 0 N–H and O–H groups in total. The Hall–Kier alpha value is -1.18. The average molecular weight is 320 g/mol. The molecule has 1 rings (SSSR count). The van der Waals surface area contributed by atoms with Gasteiger partial charge >= 0.3 is 0 Å². The van der Waals surface area contributed by atoms with Crippen LogP contribution in [0.4, 0.5) is 5.69 Å². The van der Waals surface area contributed by atoms with Gasteiger partial charge in [-0.25, -0.2) is 0 Å². The highest BCUT2D eigenvalue weighted by Crippen LogP contribution is 2.48. The van der Waals surface area contributed by atoms with Crippen LogP contribution in [-0.4, -0.2) is 21.2 Å². The second kappa shape index (κ2) is 8.08. The largest absolute Gasteiger partial charge is 0.494 e. The Labute approximate surface area is 144 Å². The van der Waals surface area contributed by atoms with Gasteiger partial charge in [-0.3, -0.25) is 0 Å². The molecule has 0 saturated carbocycles. The molecule has 2 nitrogen and oxygen atoms in total. The summed E-state index contributed by atoms with van der Waals surface area (Å²) in [6, 6.07) is 0. The summed E-state index contributed by atoms with van der Waals surface area (Å²) in [6.45, 7) is 16.1. The first-order valence-electron chi connectivity index (χ1n) is 9.10. The summed E-state index contributed by atoms with van der Waals surface area (Å²) in [6.07, 6.45) is 2.45. The number of ether oxygens (including phenoxy) is 1. The van der Waals surface area contributed by atoms with Crippen molar-refractivity contribution in [1.82, 2.24) is 0 Å². The van der Waals surface area contributed by atoms with E-state index >= 15 is 0 Å². The van der Waals surface area contributed by atoms with E-state index in [4.69, 9.17) is 4.74 Å². The molecule has 0 heterocycles. The van der Waals surface area contributed by atoms with Gasteiger partial charge in [0.25, 0.3) is 0 Å². The van der Waals surface area contributed by atoms with Crippen LogP contribution in [0.25, 0.3) is 0 Å². The van der Waals surface area contributed by atoms with Crippen LogP contribution in [0, 0.1) is 6.92 Å². The minimum atomic E-state index is 0.456. The van der Waals surface area contributed by atoms with E-state index in [1.165, 1.54) is 35.2 Å². The summed E-state index contributed by atoms with van der Waals surface area (Å²) in [7, 11) is 6.09. The molecule has 0 aliphatic carbocycles. The predicted octanol–water partition coefficient (Wildman–Crippen LogP) is 6.22. The summed E-state index contributed by atoms with van der Waals surface area (Å²) in [5, 5.41) is 0. The van der Waals surface area contributed by atoms with Crippen LogP contribution in [-0.2, 0) is 0 Å². The molecule has 0 saturated heterocycles. The van der Waals surface area contributed by atoms with Gasteiger partial charge < -0.3 is 9.64 Å². The fraction of sp³-hybridized carbons (Fsp3) is 0.714. The second-order valence-electron chi connectivity index (χ2n) is 7.64. The molecule has 1 aromatic rings. The quantitative estimate of drug-likeness (QED) is 0.591. The lowest BCUT2D eigenvalue weighted by molar-refractivity contribution is 0.406. The first-order chi connectivity index (χ1) is 10.7. The lowest BCUT2D eigenvalue weighted by Gasteiger charge is -2.32. The van der Waals surface area contributed by atoms with E-state index in [1.807, 2.05) is 7.11 Å². The average Bonchev–Trinajstić information content (AvgIpc) is 2.44. The molecular formula is C21H37NO. The van der Waals surface area contributed by atoms with Crippen molar-refractivity contribution in [1.29, 1.82) is 0 Å². The third-order valence-electron chi connectivity index (χ3n) is 4.83. The summed E-state index contributed by atoms with van der Waals surface area (Å²) < 4.78 is 5.92. The maximum Gasteiger partial charge on any atom is 0.146 e. The van der Waals surface area contributed by atoms with Crippen molar-refractivity contribution >= 4 is 5.69 Å². The van der Waals surface area contributed by atoms with Crippen molar-refractivity contribution in [2.24, 2.45) is 0 Å². The molecule has 1 unspecified atom stereocenters. The van der Waals surface area contributed by atoms with E-state index < -0.39 is 0 Å². The van der Waals surface area contributed by atoms with Crippen LogP contribution in [0.2, 0.25) is 0 Å². The molecule has 0 amide bonds. The molecule has 132 valence electrons. The molecule has 0 aliphatic heterocycles. The third kappa shape index (κ3) is 3.84. The SMILES string of the molecule is CCCC(C)c1c(C)c(C(C)C)c(OC)c(N(C)C)c1C(C)C. The van der Waals surface area contributed by atoms with Crippen molar-refractivity contribution in [2.45, 2.75) is 79.1 Å². The van der Waals surface area contributed by atoms with E-state index in [-0.39, 0.29) is 0 Å². The Morgan fingerprint density at radius 1 is 0.913 bits per heavy atom. The highest BCUT2D eigenvalue weighted by atomic mass is 16.5. The van der Waals surface area contributed by atoms with E-state index in [0.29, 0.717) is 17.8 Å². The summed E-state index contributed by atoms with van der Waals surface area (Å²) in [4.78, 5) is 2.24. The van der Waals surface area contributed by atoms with Gasteiger partial charge in [0.15, 0.2) is 0 Å². The number of methoxy groups -OCH3 is 1. The summed E-state index contributed by atoms with van der Waals surface area (Å²) >= 11 is 0. The Morgan fingerprint density at radius 3 is 1.78 bits per heavy atom. The van der Waals surface area contributed by atoms with Crippen molar-refractivity contribution in [3.8, 4) is 5.75 Å². The molecule has 0 aromatic heterocycles. The van der Waals surface area contributed by atoms with Crippen molar-refractivity contribution in [3.63, 3.8) is 0 Å². The Morgan fingerprint density at radius 2 is 1.43 bits per heavy atom. The van der Waals surface area contributed by atoms with E-state index in [2.05, 4.69) is 67.5 Å². The van der Waals surface area contributed by atoms with E-state index in [0.717, 1.165) is 5.75 Å². The van der Waals surface area contributed by atoms with Gasteiger partial charge in [-0.1, -0.05) is 48.0 Å². The predicted molar refractivity (Wildman–Crippen MR) is 104 cm³/mol. The summed E-state index contributed by atoms with van der Waals surface area (Å²) in [5.74, 6) is 2.59. The van der Waals surface area contributed by atoms with Crippen LogP contribution in [0.15, 0.2) is 0 Å². The first kappa shape index (κ1) is 19.9. The minimum absolute atomic E-state index is 0.456. The molecule has 0 spiro atoms. The smallest absolute Gasteiger partial charge is 0.146 e. The molecule has 0 radical (unpaired) electrons. The zero-order valence-electron chi connectivity index (χ0n) is 17.0. The Kier molecular flexibility index (Phi) is 6.98. The van der Waals surface area contributed by atoms with E-state index in [9.17, 15) is 0 Å². The molecule has 0 fully saturated rings. The molecule has 0 aliphatic rings. The standard InChI is InChI=1S/C21H37NO/c1-11-12-15(6)19-16(7)17(13(2)3)21(23-10)20(22(8)9)18(19)14(4)5/h13-15H,11-12H2,1-10H3. The number of hydrogen-bond donors (Lipinski definition) is 0. The fourth-order valence-electron chi connectivity index (χ4n) is 4.04. The van der Waals surface area contributed by atoms with Gasteiger partial charge in [0.05, 0.1) is 12.8 Å². The monoisotopic (exact) mass is 319 g/mol. The maximum absolute atomic E-state index is 5.92. The number of nitrogens with zero attached hydrogens (tertiary/aromatic N) is 1. The number of anilines is 1. The number of benzene rings is 1. The van der Waals surface area contributed by atoms with E-state index in [1.54, 1.807) is 5.56 Å². The van der Waals surface area contributed by atoms with Crippen molar-refractivity contribution < 1.29 is 4.74 Å². The van der Waals surface area contributed by atoms with Crippen LogP contribution < -0.4 is 9.64 Å². The third-order valence-corrected chi connectivity index (χ3v) is 4.83. The van der Waals surface area contributed by atoms with Crippen LogP contribution >= 0.6 is 0 Å². The van der Waals surface area contributed by atoms with Crippen molar-refractivity contribution in [2.75, 3.05) is 26.1 Å². The van der Waals surface area contributed by atoms with Gasteiger partial charge in [0, 0.05) is 19.7 Å². The van der Waals surface area contributed by atoms with Crippen molar-refractivity contribution in [3.05, 3.63) is 22.3 Å². The lowest BCUT2D eigenvalue weighted by Crippen LogP contribution is -2.19. The zero-order chi connectivity index (χ0) is 17.9. The molecule has 23 heavy (non-hydrogen) atoms. The normalized spacial score (nSPS) is 12.9. The molecule has 1 atom stereocenters. The molecule has 1 aromatic carbocycles. The van der Waals surface area contributed by atoms with Crippen LogP contribution in [0.3, 0.4) is 0 Å². The summed E-state index contributed by atoms with van der Waals surface area (Å²) in [5.41, 5.74) is 7.10. The van der Waals surface area contributed by atoms with Gasteiger partial charge in [-0.05, 0) is 47.8 Å². The van der Waals surface area contributed by atoms with Gasteiger partial charge in [-0.15, -0.1) is 0 Å². The Balaban J connectivity index is 3.93. The van der Waals surface area contributed by atoms with Gasteiger partial charge in [0.2, 0.25) is 0 Å². The Bertz CT molecular complexity index is 529. The first-order valence-corrected chi connectivity index (χ1v) is 9.10. The molecule has 0 bridgehead atoms. The fourth-order valence-corrected chi connectivity index (χ4v) is 4.04. The highest BCUT2D eigenvalue weighted by Gasteiger charge is 2.28. The van der Waals surface area contributed by atoms with Crippen LogP contribution in [0.1, 0.15) is 94.4 Å². The second-order valence-corrected chi connectivity index (χ2v) is 7.64. The maximum atomic E-state index is 5.92. The van der Waals surface area contributed by atoms with Gasteiger partial charge in [0.1, 0.15) is 5.75 Å². The molecular weight excluding hydrogens is 282 g/mol. The van der Waals surface area contributed by atoms with Gasteiger partial charge in [-0.2, -0.15) is 0 Å². The minimum Gasteiger partial charge on any atom is -0.494 e. The molecule has 2 heteroatoms. The van der Waals surface area contributed by atoms with Crippen LogP contribution in [0.5, 0.6) is 5.75 Å². The lowest BCUT2D eigenvalue weighted by atomic mass is 9.79. The number of hydrogen-bond acceptors (Lipinski definition) is 2. The highest BCUT2D eigenvalue weighted by molar-refractivity contribution is 5.73.